The Hall–Kier alpha value is -2.00. The van der Waals surface area contributed by atoms with Crippen LogP contribution in [0.4, 0.5) is 0 Å². The van der Waals surface area contributed by atoms with Crippen molar-refractivity contribution in [1.82, 2.24) is 0 Å². The summed E-state index contributed by atoms with van der Waals surface area (Å²) in [6.45, 7) is 16.1. The fraction of sp³-hybridized carbons (Fsp3) is 0.538. The summed E-state index contributed by atoms with van der Waals surface area (Å²) < 4.78 is 5.59. The Labute approximate surface area is 178 Å². The van der Waals surface area contributed by atoms with Gasteiger partial charge in [-0.1, -0.05) is 70.2 Å². The highest BCUT2D eigenvalue weighted by Gasteiger charge is 2.18. The molecule has 3 nitrogen and oxygen atoms in total. The van der Waals surface area contributed by atoms with Gasteiger partial charge in [-0.15, -0.1) is 13.2 Å². The van der Waals surface area contributed by atoms with E-state index < -0.39 is 0 Å². The van der Waals surface area contributed by atoms with E-state index in [4.69, 9.17) is 4.74 Å². The van der Waals surface area contributed by atoms with E-state index in [1.54, 1.807) is 0 Å². The van der Waals surface area contributed by atoms with Crippen LogP contribution < -0.4 is 0 Å². The lowest BCUT2D eigenvalue weighted by Crippen LogP contribution is -2.22. The van der Waals surface area contributed by atoms with Crippen LogP contribution >= 0.6 is 0 Å². The van der Waals surface area contributed by atoms with Crippen molar-refractivity contribution in [2.24, 2.45) is 11.8 Å². The van der Waals surface area contributed by atoms with Crippen molar-refractivity contribution in [2.45, 2.75) is 65.7 Å². The Bertz CT molecular complexity index is 591. The second-order valence-electron chi connectivity index (χ2n) is 7.26. The SMILES string of the molecule is C=CCCC(CC)C(=O)COCC(C)CC(=O)C[C@H](C=C)c1ccccc1.CC. The molecule has 3 atom stereocenters. The lowest BCUT2D eigenvalue weighted by molar-refractivity contribution is -0.128. The van der Waals surface area contributed by atoms with Gasteiger partial charge >= 0.3 is 0 Å². The van der Waals surface area contributed by atoms with Crippen molar-refractivity contribution in [1.29, 1.82) is 0 Å². The molecule has 29 heavy (non-hydrogen) atoms. The van der Waals surface area contributed by atoms with Gasteiger partial charge in [0.25, 0.3) is 0 Å². The highest BCUT2D eigenvalue weighted by atomic mass is 16.5. The van der Waals surface area contributed by atoms with Crippen LogP contribution in [-0.4, -0.2) is 24.8 Å². The zero-order valence-electron chi connectivity index (χ0n) is 18.9. The fourth-order valence-electron chi connectivity index (χ4n) is 3.20. The molecule has 0 radical (unpaired) electrons. The van der Waals surface area contributed by atoms with Gasteiger partial charge in [0, 0.05) is 24.7 Å². The van der Waals surface area contributed by atoms with Crippen LogP contribution in [0.15, 0.2) is 55.6 Å². The number of benzene rings is 1. The first kappa shape index (κ1) is 27.0. The molecule has 0 amide bonds. The Kier molecular flexibility index (Phi) is 15.7. The summed E-state index contributed by atoms with van der Waals surface area (Å²) in [7, 11) is 0. The minimum absolute atomic E-state index is 0.0409. The Balaban J connectivity index is 0.00000379. The van der Waals surface area contributed by atoms with Crippen LogP contribution in [0.3, 0.4) is 0 Å². The van der Waals surface area contributed by atoms with Gasteiger partial charge in [-0.25, -0.2) is 0 Å². The van der Waals surface area contributed by atoms with Crippen LogP contribution in [0.1, 0.15) is 71.3 Å². The van der Waals surface area contributed by atoms with Crippen LogP contribution in [0.25, 0.3) is 0 Å². The molecule has 1 aromatic rings. The lowest BCUT2D eigenvalue weighted by Gasteiger charge is -2.16. The molecule has 0 spiro atoms. The van der Waals surface area contributed by atoms with Crippen LogP contribution in [-0.2, 0) is 14.3 Å². The Morgan fingerprint density at radius 2 is 1.76 bits per heavy atom. The number of allylic oxidation sites excluding steroid dienone is 2. The third-order valence-corrected chi connectivity index (χ3v) is 4.85. The molecule has 0 bridgehead atoms. The van der Waals surface area contributed by atoms with E-state index in [-0.39, 0.29) is 35.9 Å². The van der Waals surface area contributed by atoms with Gasteiger partial charge in [-0.3, -0.25) is 9.59 Å². The number of rotatable bonds is 15. The Morgan fingerprint density at radius 1 is 1.10 bits per heavy atom. The average molecular weight is 401 g/mol. The smallest absolute Gasteiger partial charge is 0.161 e. The van der Waals surface area contributed by atoms with E-state index in [2.05, 4.69) is 13.2 Å². The second kappa shape index (κ2) is 16.9. The maximum absolute atomic E-state index is 12.4. The molecule has 0 aromatic heterocycles. The molecular weight excluding hydrogens is 360 g/mol. The molecule has 0 saturated heterocycles. The van der Waals surface area contributed by atoms with Gasteiger partial charge in [0.1, 0.15) is 12.4 Å². The topological polar surface area (TPSA) is 43.4 Å². The number of ketones is 2. The molecule has 0 fully saturated rings. The minimum atomic E-state index is 0.0409. The average Bonchev–Trinajstić information content (AvgIpc) is 2.74. The predicted molar refractivity (Wildman–Crippen MR) is 123 cm³/mol. The summed E-state index contributed by atoms with van der Waals surface area (Å²) in [6, 6.07) is 9.96. The van der Waals surface area contributed by atoms with Gasteiger partial charge in [0.15, 0.2) is 5.78 Å². The van der Waals surface area contributed by atoms with Crippen molar-refractivity contribution < 1.29 is 14.3 Å². The Morgan fingerprint density at radius 3 is 2.31 bits per heavy atom. The third-order valence-electron chi connectivity index (χ3n) is 4.85. The summed E-state index contributed by atoms with van der Waals surface area (Å²) in [4.78, 5) is 24.6. The van der Waals surface area contributed by atoms with E-state index in [0.717, 1.165) is 24.8 Å². The lowest BCUT2D eigenvalue weighted by atomic mass is 9.91. The van der Waals surface area contributed by atoms with E-state index in [0.29, 0.717) is 19.4 Å². The van der Waals surface area contributed by atoms with Crippen LogP contribution in [0.2, 0.25) is 0 Å². The molecule has 0 saturated carbocycles. The highest BCUT2D eigenvalue weighted by molar-refractivity contribution is 5.82. The van der Waals surface area contributed by atoms with Gasteiger partial charge < -0.3 is 4.74 Å². The van der Waals surface area contributed by atoms with Crippen molar-refractivity contribution in [3.8, 4) is 0 Å². The highest BCUT2D eigenvalue weighted by Crippen LogP contribution is 2.22. The quantitative estimate of drug-likeness (QED) is 0.314. The predicted octanol–water partition coefficient (Wildman–Crippen LogP) is 6.55. The van der Waals surface area contributed by atoms with Gasteiger partial charge in [-0.2, -0.15) is 0 Å². The first-order valence-electron chi connectivity index (χ1n) is 10.9. The molecule has 162 valence electrons. The number of carbonyl (C=O) groups is 2. The molecule has 0 aliphatic rings. The first-order valence-corrected chi connectivity index (χ1v) is 10.9. The standard InChI is InChI=1S/C24H34O3.C2H6/c1-5-8-12-20(6-2)24(26)18-27-17-19(4)15-23(25)16-21(7-3)22-13-10-9-11-14-22;1-2/h5,7,9-11,13-14,19-21H,1,3,6,8,12,15-18H2,2,4H3;1-2H3/t19?,20?,21-;/m0./s1. The number of ether oxygens (including phenoxy) is 1. The summed E-state index contributed by atoms with van der Waals surface area (Å²) in [5.74, 6) is 0.528. The van der Waals surface area contributed by atoms with E-state index >= 15 is 0 Å². The van der Waals surface area contributed by atoms with Crippen molar-refractivity contribution in [3.63, 3.8) is 0 Å². The second-order valence-corrected chi connectivity index (χ2v) is 7.26. The number of hydrogen-bond donors (Lipinski definition) is 0. The van der Waals surface area contributed by atoms with E-state index in [1.165, 1.54) is 0 Å². The largest absolute Gasteiger partial charge is 0.373 e. The zero-order valence-corrected chi connectivity index (χ0v) is 18.9. The minimum Gasteiger partial charge on any atom is -0.373 e. The van der Waals surface area contributed by atoms with Crippen LogP contribution in [0.5, 0.6) is 0 Å². The molecular formula is C26H40O3. The van der Waals surface area contributed by atoms with E-state index in [1.807, 2.05) is 70.2 Å². The molecule has 0 heterocycles. The molecule has 2 unspecified atom stereocenters. The van der Waals surface area contributed by atoms with Gasteiger partial charge in [-0.05, 0) is 30.7 Å². The van der Waals surface area contributed by atoms with Gasteiger partial charge in [0.2, 0.25) is 0 Å². The molecule has 0 N–H and O–H groups in total. The summed E-state index contributed by atoms with van der Waals surface area (Å²) in [5, 5.41) is 0. The first-order chi connectivity index (χ1) is 14.0. The van der Waals surface area contributed by atoms with Crippen molar-refractivity contribution >= 4 is 11.6 Å². The summed E-state index contributed by atoms with van der Waals surface area (Å²) in [6.07, 6.45) is 7.10. The molecule has 0 aliphatic heterocycles. The van der Waals surface area contributed by atoms with Crippen LogP contribution in [0, 0.1) is 11.8 Å². The normalized spacial score (nSPS) is 13.4. The van der Waals surface area contributed by atoms with Crippen molar-refractivity contribution in [2.75, 3.05) is 13.2 Å². The number of Topliss-reactive ketones (excluding diaryl/α,β-unsaturated/α-hetero) is 2. The maximum Gasteiger partial charge on any atom is 0.161 e. The van der Waals surface area contributed by atoms with Crippen molar-refractivity contribution in [3.05, 3.63) is 61.2 Å². The third kappa shape index (κ3) is 11.6. The zero-order chi connectivity index (χ0) is 22.1. The summed E-state index contributed by atoms with van der Waals surface area (Å²) in [5.41, 5.74) is 1.11. The number of carbonyl (C=O) groups excluding carboxylic acids is 2. The van der Waals surface area contributed by atoms with Gasteiger partial charge in [0.05, 0.1) is 6.61 Å². The molecule has 0 aliphatic carbocycles. The maximum atomic E-state index is 12.4. The summed E-state index contributed by atoms with van der Waals surface area (Å²) >= 11 is 0. The molecule has 1 rings (SSSR count). The monoisotopic (exact) mass is 400 g/mol. The fourth-order valence-corrected chi connectivity index (χ4v) is 3.20. The molecule has 3 heteroatoms. The number of hydrogen-bond acceptors (Lipinski definition) is 3. The van der Waals surface area contributed by atoms with E-state index in [9.17, 15) is 9.59 Å². The molecule has 1 aromatic carbocycles.